The Kier molecular flexibility index (Phi) is 5.27. The summed E-state index contributed by atoms with van der Waals surface area (Å²) in [6.07, 6.45) is 2.21. The van der Waals surface area contributed by atoms with E-state index in [-0.39, 0.29) is 18.2 Å². The lowest BCUT2D eigenvalue weighted by Crippen LogP contribution is -2.45. The number of fused-ring (bicyclic) bond motifs is 1. The first-order chi connectivity index (χ1) is 13.5. The van der Waals surface area contributed by atoms with Crippen molar-refractivity contribution in [3.05, 3.63) is 28.9 Å². The minimum atomic E-state index is -0.335. The Labute approximate surface area is 163 Å². The van der Waals surface area contributed by atoms with E-state index in [0.717, 1.165) is 22.4 Å². The number of hydrogen-bond acceptors (Lipinski definition) is 7. The van der Waals surface area contributed by atoms with Crippen LogP contribution in [0.15, 0.2) is 10.7 Å². The molecule has 0 aromatic carbocycles. The highest BCUT2D eigenvalue weighted by molar-refractivity contribution is 5.75. The first kappa shape index (κ1) is 18.8. The van der Waals surface area contributed by atoms with Crippen LogP contribution in [0.1, 0.15) is 42.7 Å². The van der Waals surface area contributed by atoms with Crippen LogP contribution in [0, 0.1) is 6.92 Å². The van der Waals surface area contributed by atoms with E-state index in [1.807, 2.05) is 27.0 Å². The zero-order valence-electron chi connectivity index (χ0n) is 16.4. The Hall–Kier alpha value is -2.52. The second-order valence-electron chi connectivity index (χ2n) is 7.39. The number of ether oxygens (including phenoxy) is 2. The van der Waals surface area contributed by atoms with E-state index in [1.54, 1.807) is 4.90 Å². The highest BCUT2D eigenvalue weighted by Crippen LogP contribution is 2.31. The molecule has 2 amide bonds. The van der Waals surface area contributed by atoms with E-state index in [2.05, 4.69) is 20.4 Å². The molecule has 150 valence electrons. The minimum absolute atomic E-state index is 0.0564. The summed E-state index contributed by atoms with van der Waals surface area (Å²) in [5.41, 5.74) is 3.85. The number of carbonyl (C=O) groups is 1. The van der Waals surface area contributed by atoms with Crippen LogP contribution in [-0.4, -0.2) is 58.5 Å². The molecule has 0 radical (unpaired) electrons. The summed E-state index contributed by atoms with van der Waals surface area (Å²) < 4.78 is 16.5. The van der Waals surface area contributed by atoms with Gasteiger partial charge in [-0.1, -0.05) is 5.16 Å². The average Bonchev–Trinajstić information content (AvgIpc) is 3.17. The standard InChI is InChI=1S/C19H25N5O4/c1-11(2)21-19(25)24-5-4-14-13(9-24)8-20-12(3)16(14)17-22-18(28-23-17)15-10-26-6-7-27-15/h8,11,15H,4-7,9-10H2,1-3H3,(H,21,25). The summed E-state index contributed by atoms with van der Waals surface area (Å²) in [6, 6.07) is 0.0448. The molecular formula is C19H25N5O4. The zero-order chi connectivity index (χ0) is 19.7. The van der Waals surface area contributed by atoms with Crippen molar-refractivity contribution in [2.24, 2.45) is 0 Å². The zero-order valence-corrected chi connectivity index (χ0v) is 16.4. The van der Waals surface area contributed by atoms with Crippen LogP contribution in [0.5, 0.6) is 0 Å². The molecule has 0 aliphatic carbocycles. The van der Waals surface area contributed by atoms with Gasteiger partial charge in [-0.3, -0.25) is 4.98 Å². The number of aromatic nitrogens is 3. The van der Waals surface area contributed by atoms with Crippen molar-refractivity contribution in [1.82, 2.24) is 25.3 Å². The van der Waals surface area contributed by atoms with Crippen molar-refractivity contribution in [1.29, 1.82) is 0 Å². The molecule has 9 heteroatoms. The number of nitrogens with one attached hydrogen (secondary N) is 1. The molecule has 2 aliphatic rings. The Balaban J connectivity index is 1.60. The number of aryl methyl sites for hydroxylation is 1. The van der Waals surface area contributed by atoms with Gasteiger partial charge in [-0.05, 0) is 38.3 Å². The molecule has 1 atom stereocenters. The predicted molar refractivity (Wildman–Crippen MR) is 99.6 cm³/mol. The molecule has 2 aromatic rings. The Morgan fingerprint density at radius 2 is 2.21 bits per heavy atom. The molecular weight excluding hydrogens is 362 g/mol. The van der Waals surface area contributed by atoms with Crippen molar-refractivity contribution in [3.8, 4) is 11.4 Å². The number of hydrogen-bond donors (Lipinski definition) is 1. The third-order valence-electron chi connectivity index (χ3n) is 4.91. The Bertz CT molecular complexity index is 860. The summed E-state index contributed by atoms with van der Waals surface area (Å²) in [4.78, 5) is 23.2. The fourth-order valence-electron chi connectivity index (χ4n) is 3.56. The molecule has 2 aromatic heterocycles. The molecule has 1 fully saturated rings. The number of rotatable bonds is 3. The van der Waals surface area contributed by atoms with Crippen LogP contribution in [0.2, 0.25) is 0 Å². The SMILES string of the molecule is Cc1ncc2c(c1-c1noc(C3COCCO3)n1)CCN(C(=O)NC(C)C)C2. The number of pyridine rings is 1. The van der Waals surface area contributed by atoms with E-state index < -0.39 is 0 Å². The minimum Gasteiger partial charge on any atom is -0.376 e. The summed E-state index contributed by atoms with van der Waals surface area (Å²) in [6.45, 7) is 8.48. The summed E-state index contributed by atoms with van der Waals surface area (Å²) in [7, 11) is 0. The van der Waals surface area contributed by atoms with E-state index in [0.29, 0.717) is 51.0 Å². The first-order valence-corrected chi connectivity index (χ1v) is 9.59. The van der Waals surface area contributed by atoms with Crippen molar-refractivity contribution in [2.45, 2.75) is 45.9 Å². The van der Waals surface area contributed by atoms with Gasteiger partial charge in [0.1, 0.15) is 0 Å². The Morgan fingerprint density at radius 3 is 2.96 bits per heavy atom. The van der Waals surface area contributed by atoms with Gasteiger partial charge in [0.25, 0.3) is 5.89 Å². The van der Waals surface area contributed by atoms with Crippen LogP contribution >= 0.6 is 0 Å². The molecule has 9 nitrogen and oxygen atoms in total. The quantitative estimate of drug-likeness (QED) is 0.859. The topological polar surface area (TPSA) is 103 Å². The lowest BCUT2D eigenvalue weighted by atomic mass is 9.94. The van der Waals surface area contributed by atoms with E-state index in [4.69, 9.17) is 14.0 Å². The van der Waals surface area contributed by atoms with Gasteiger partial charge in [0, 0.05) is 36.6 Å². The molecule has 28 heavy (non-hydrogen) atoms. The van der Waals surface area contributed by atoms with E-state index in [9.17, 15) is 4.79 Å². The van der Waals surface area contributed by atoms with Crippen LogP contribution in [-0.2, 0) is 22.4 Å². The van der Waals surface area contributed by atoms with Crippen LogP contribution < -0.4 is 5.32 Å². The van der Waals surface area contributed by atoms with Crippen molar-refractivity contribution < 1.29 is 18.8 Å². The van der Waals surface area contributed by atoms with Crippen molar-refractivity contribution in [3.63, 3.8) is 0 Å². The lowest BCUT2D eigenvalue weighted by Gasteiger charge is -2.30. The highest BCUT2D eigenvalue weighted by Gasteiger charge is 2.28. The van der Waals surface area contributed by atoms with Gasteiger partial charge in [-0.25, -0.2) is 4.79 Å². The molecule has 4 rings (SSSR count). The van der Waals surface area contributed by atoms with Gasteiger partial charge in [-0.15, -0.1) is 0 Å². The normalized spacial score (nSPS) is 19.6. The molecule has 0 saturated carbocycles. The van der Waals surface area contributed by atoms with Gasteiger partial charge in [0.05, 0.1) is 19.8 Å². The molecule has 1 N–H and O–H groups in total. The maximum Gasteiger partial charge on any atom is 0.317 e. The third-order valence-corrected chi connectivity index (χ3v) is 4.91. The van der Waals surface area contributed by atoms with E-state index >= 15 is 0 Å². The molecule has 1 unspecified atom stereocenters. The number of urea groups is 1. The molecule has 1 saturated heterocycles. The van der Waals surface area contributed by atoms with Crippen LogP contribution in [0.3, 0.4) is 0 Å². The van der Waals surface area contributed by atoms with Crippen LogP contribution in [0.4, 0.5) is 4.79 Å². The second-order valence-corrected chi connectivity index (χ2v) is 7.39. The average molecular weight is 387 g/mol. The lowest BCUT2D eigenvalue weighted by molar-refractivity contribution is -0.101. The second kappa shape index (κ2) is 7.84. The van der Waals surface area contributed by atoms with Crippen LogP contribution in [0.25, 0.3) is 11.4 Å². The number of nitrogens with zero attached hydrogens (tertiary/aromatic N) is 4. The van der Waals surface area contributed by atoms with Crippen molar-refractivity contribution in [2.75, 3.05) is 26.4 Å². The maximum atomic E-state index is 12.3. The van der Waals surface area contributed by atoms with Gasteiger partial charge < -0.3 is 24.2 Å². The molecule has 4 heterocycles. The maximum absolute atomic E-state index is 12.3. The smallest absolute Gasteiger partial charge is 0.317 e. The van der Waals surface area contributed by atoms with Crippen molar-refractivity contribution >= 4 is 6.03 Å². The van der Waals surface area contributed by atoms with Gasteiger partial charge in [-0.2, -0.15) is 4.98 Å². The number of carbonyl (C=O) groups excluding carboxylic acids is 1. The Morgan fingerprint density at radius 1 is 1.36 bits per heavy atom. The highest BCUT2D eigenvalue weighted by atomic mass is 16.6. The van der Waals surface area contributed by atoms with Gasteiger partial charge in [0.15, 0.2) is 6.10 Å². The summed E-state index contributed by atoms with van der Waals surface area (Å²) in [5, 5.41) is 7.11. The third kappa shape index (κ3) is 3.72. The van der Waals surface area contributed by atoms with Gasteiger partial charge >= 0.3 is 6.03 Å². The fourth-order valence-corrected chi connectivity index (χ4v) is 3.56. The molecule has 2 aliphatic heterocycles. The largest absolute Gasteiger partial charge is 0.376 e. The van der Waals surface area contributed by atoms with Gasteiger partial charge in [0.2, 0.25) is 5.82 Å². The summed E-state index contributed by atoms with van der Waals surface area (Å²) in [5.74, 6) is 0.923. The summed E-state index contributed by atoms with van der Waals surface area (Å²) >= 11 is 0. The van der Waals surface area contributed by atoms with E-state index in [1.165, 1.54) is 0 Å². The predicted octanol–water partition coefficient (Wildman–Crippen LogP) is 2.00. The first-order valence-electron chi connectivity index (χ1n) is 9.59. The molecule has 0 spiro atoms. The fraction of sp³-hybridized carbons (Fsp3) is 0.579. The monoisotopic (exact) mass is 387 g/mol. The number of amides is 2. The molecule has 0 bridgehead atoms.